The topological polar surface area (TPSA) is 29.3 Å². The summed E-state index contributed by atoms with van der Waals surface area (Å²) in [5, 5.41) is 0. The van der Waals surface area contributed by atoms with E-state index in [-0.39, 0.29) is 6.04 Å². The molecule has 1 fully saturated rings. The zero-order valence-electron chi connectivity index (χ0n) is 11.3. The van der Waals surface area contributed by atoms with Gasteiger partial charge in [-0.15, -0.1) is 0 Å². The van der Waals surface area contributed by atoms with Crippen LogP contribution in [0.15, 0.2) is 24.3 Å². The number of rotatable bonds is 4. The van der Waals surface area contributed by atoms with Crippen molar-refractivity contribution in [1.82, 2.24) is 4.90 Å². The highest BCUT2D eigenvalue weighted by molar-refractivity contribution is 5.33. The van der Waals surface area contributed by atoms with Crippen molar-refractivity contribution >= 4 is 0 Å². The Morgan fingerprint density at radius 1 is 1.22 bits per heavy atom. The number of hydrogen-bond donors (Lipinski definition) is 1. The molecule has 2 unspecified atom stereocenters. The number of benzene rings is 1. The molecule has 1 aromatic rings. The lowest BCUT2D eigenvalue weighted by molar-refractivity contribution is 0.146. The summed E-state index contributed by atoms with van der Waals surface area (Å²) in [5.74, 6) is 0. The van der Waals surface area contributed by atoms with Crippen LogP contribution in [0.25, 0.3) is 0 Å². The van der Waals surface area contributed by atoms with E-state index in [0.29, 0.717) is 6.04 Å². The Morgan fingerprint density at radius 2 is 2.00 bits per heavy atom. The van der Waals surface area contributed by atoms with E-state index in [9.17, 15) is 0 Å². The van der Waals surface area contributed by atoms with E-state index in [1.54, 1.807) is 0 Å². The van der Waals surface area contributed by atoms with Gasteiger partial charge in [-0.1, -0.05) is 31.2 Å². The van der Waals surface area contributed by atoms with E-state index in [4.69, 9.17) is 5.73 Å². The number of fused-ring (bicyclic) bond motifs is 1. The molecule has 1 saturated carbocycles. The zero-order valence-corrected chi connectivity index (χ0v) is 11.3. The van der Waals surface area contributed by atoms with Crippen molar-refractivity contribution in [3.05, 3.63) is 35.4 Å². The fourth-order valence-corrected chi connectivity index (χ4v) is 3.43. The van der Waals surface area contributed by atoms with Crippen LogP contribution in [0.5, 0.6) is 0 Å². The maximum Gasteiger partial charge on any atom is 0.0456 e. The number of nitrogens with two attached hydrogens (primary N) is 1. The van der Waals surface area contributed by atoms with Gasteiger partial charge in [0.05, 0.1) is 0 Å². The van der Waals surface area contributed by atoms with Crippen molar-refractivity contribution in [2.24, 2.45) is 5.73 Å². The van der Waals surface area contributed by atoms with Crippen LogP contribution in [0.3, 0.4) is 0 Å². The van der Waals surface area contributed by atoms with Gasteiger partial charge < -0.3 is 5.73 Å². The van der Waals surface area contributed by atoms with Crippen molar-refractivity contribution in [3.63, 3.8) is 0 Å². The third-order valence-electron chi connectivity index (χ3n) is 4.46. The predicted octanol–water partition coefficient (Wildman–Crippen LogP) is 2.88. The third kappa shape index (κ3) is 2.19. The Bertz CT molecular complexity index is 411. The lowest BCUT2D eigenvalue weighted by Gasteiger charge is -2.39. The molecule has 0 bridgehead atoms. The highest BCUT2D eigenvalue weighted by atomic mass is 15.2. The van der Waals surface area contributed by atoms with Crippen LogP contribution < -0.4 is 5.73 Å². The summed E-state index contributed by atoms with van der Waals surface area (Å²) in [6.45, 7) is 3.49. The Morgan fingerprint density at radius 3 is 2.72 bits per heavy atom. The largest absolute Gasteiger partial charge is 0.323 e. The van der Waals surface area contributed by atoms with Crippen LogP contribution in [0, 0.1) is 0 Å². The van der Waals surface area contributed by atoms with Crippen LogP contribution in [-0.4, -0.2) is 23.5 Å². The molecule has 2 aliphatic rings. The summed E-state index contributed by atoms with van der Waals surface area (Å²) in [6.07, 6.45) is 6.42. The SMILES string of the molecule is CCCN(C1CC1)C1CCc2ccccc2C1N. The molecular weight excluding hydrogens is 220 g/mol. The van der Waals surface area contributed by atoms with Crippen LogP contribution in [-0.2, 0) is 6.42 Å². The molecule has 2 heteroatoms. The fraction of sp³-hybridized carbons (Fsp3) is 0.625. The molecule has 0 saturated heterocycles. The maximum absolute atomic E-state index is 6.55. The molecule has 0 aromatic heterocycles. The molecule has 2 N–H and O–H groups in total. The Balaban J connectivity index is 1.82. The second-order valence-electron chi connectivity index (χ2n) is 5.80. The molecule has 2 aliphatic carbocycles. The van der Waals surface area contributed by atoms with Gasteiger partial charge in [0.15, 0.2) is 0 Å². The first-order valence-electron chi connectivity index (χ1n) is 7.40. The van der Waals surface area contributed by atoms with Crippen LogP contribution in [0.4, 0.5) is 0 Å². The van der Waals surface area contributed by atoms with Crippen molar-refractivity contribution in [2.45, 2.75) is 57.2 Å². The average Bonchev–Trinajstić information content (AvgIpc) is 3.22. The monoisotopic (exact) mass is 244 g/mol. The van der Waals surface area contributed by atoms with E-state index >= 15 is 0 Å². The minimum absolute atomic E-state index is 0.210. The van der Waals surface area contributed by atoms with Gasteiger partial charge in [-0.25, -0.2) is 0 Å². The van der Waals surface area contributed by atoms with E-state index in [1.165, 1.54) is 49.8 Å². The average molecular weight is 244 g/mol. The van der Waals surface area contributed by atoms with E-state index in [2.05, 4.69) is 36.1 Å². The van der Waals surface area contributed by atoms with E-state index < -0.39 is 0 Å². The van der Waals surface area contributed by atoms with Crippen molar-refractivity contribution in [2.75, 3.05) is 6.54 Å². The first-order chi connectivity index (χ1) is 8.81. The summed E-state index contributed by atoms with van der Waals surface area (Å²) in [5.41, 5.74) is 9.40. The van der Waals surface area contributed by atoms with Gasteiger partial charge in [0.2, 0.25) is 0 Å². The summed E-state index contributed by atoms with van der Waals surface area (Å²) < 4.78 is 0. The number of aryl methyl sites for hydroxylation is 1. The van der Waals surface area contributed by atoms with Crippen LogP contribution in [0.1, 0.15) is 49.8 Å². The molecule has 0 aliphatic heterocycles. The first-order valence-corrected chi connectivity index (χ1v) is 7.40. The summed E-state index contributed by atoms with van der Waals surface area (Å²) in [7, 11) is 0. The van der Waals surface area contributed by atoms with Crippen molar-refractivity contribution in [3.8, 4) is 0 Å². The lowest BCUT2D eigenvalue weighted by atomic mass is 9.83. The lowest BCUT2D eigenvalue weighted by Crippen LogP contribution is -2.46. The second kappa shape index (κ2) is 5.02. The standard InChI is InChI=1S/C16H24N2/c1-2-11-18(13-8-9-13)15-10-7-12-5-3-4-6-14(12)16(15)17/h3-6,13,15-16H,2,7-11,17H2,1H3. The van der Waals surface area contributed by atoms with Crippen LogP contribution in [0.2, 0.25) is 0 Å². The maximum atomic E-state index is 6.55. The van der Waals surface area contributed by atoms with Gasteiger partial charge in [0.25, 0.3) is 0 Å². The minimum atomic E-state index is 0.210. The van der Waals surface area contributed by atoms with E-state index in [1.807, 2.05) is 0 Å². The van der Waals surface area contributed by atoms with Crippen molar-refractivity contribution in [1.29, 1.82) is 0 Å². The Hall–Kier alpha value is -0.860. The molecule has 18 heavy (non-hydrogen) atoms. The summed E-state index contributed by atoms with van der Waals surface area (Å²) >= 11 is 0. The fourth-order valence-electron chi connectivity index (χ4n) is 3.43. The van der Waals surface area contributed by atoms with Gasteiger partial charge in [0.1, 0.15) is 0 Å². The first kappa shape index (κ1) is 12.2. The second-order valence-corrected chi connectivity index (χ2v) is 5.80. The molecule has 3 rings (SSSR count). The molecule has 98 valence electrons. The van der Waals surface area contributed by atoms with Crippen molar-refractivity contribution < 1.29 is 0 Å². The molecule has 0 spiro atoms. The van der Waals surface area contributed by atoms with Gasteiger partial charge in [-0.3, -0.25) is 4.90 Å². The van der Waals surface area contributed by atoms with Gasteiger partial charge in [-0.2, -0.15) is 0 Å². The molecule has 2 atom stereocenters. The normalized spacial score (nSPS) is 27.3. The Kier molecular flexibility index (Phi) is 3.40. The van der Waals surface area contributed by atoms with Gasteiger partial charge in [0, 0.05) is 18.1 Å². The molecule has 0 amide bonds. The quantitative estimate of drug-likeness (QED) is 0.882. The number of hydrogen-bond acceptors (Lipinski definition) is 2. The van der Waals surface area contributed by atoms with Gasteiger partial charge in [-0.05, 0) is 49.8 Å². The highest BCUT2D eigenvalue weighted by Crippen LogP contribution is 2.37. The minimum Gasteiger partial charge on any atom is -0.323 e. The molecule has 1 aromatic carbocycles. The van der Waals surface area contributed by atoms with Gasteiger partial charge >= 0.3 is 0 Å². The molecule has 0 heterocycles. The summed E-state index contributed by atoms with van der Waals surface area (Å²) in [6, 6.07) is 10.3. The number of nitrogens with zero attached hydrogens (tertiary/aromatic N) is 1. The highest BCUT2D eigenvalue weighted by Gasteiger charge is 2.38. The summed E-state index contributed by atoms with van der Waals surface area (Å²) in [4.78, 5) is 2.70. The van der Waals surface area contributed by atoms with E-state index in [0.717, 1.165) is 6.04 Å². The molecule has 0 radical (unpaired) electrons. The smallest absolute Gasteiger partial charge is 0.0456 e. The molecule has 2 nitrogen and oxygen atoms in total. The third-order valence-corrected chi connectivity index (χ3v) is 4.46. The molecular formula is C16H24N2. The Labute approximate surface area is 110 Å². The van der Waals surface area contributed by atoms with Crippen LogP contribution >= 0.6 is 0 Å². The zero-order chi connectivity index (χ0) is 12.5. The predicted molar refractivity (Wildman–Crippen MR) is 75.5 cm³/mol.